The Hall–Kier alpha value is -1.91. The van der Waals surface area contributed by atoms with E-state index in [-0.39, 0.29) is 0 Å². The van der Waals surface area contributed by atoms with Gasteiger partial charge in [-0.2, -0.15) is 0 Å². The molecule has 3 aromatic rings. The molecular formula is C23H17ClIN. The topological polar surface area (TPSA) is 12.9 Å². The first-order valence-electron chi connectivity index (χ1n) is 8.54. The number of hydrogen-bond donors (Lipinski definition) is 0. The minimum Gasteiger partial charge on any atom is -0.248 e. The van der Waals surface area contributed by atoms with Crippen LogP contribution in [0.4, 0.5) is 0 Å². The third-order valence-electron chi connectivity index (χ3n) is 4.42. The third kappa shape index (κ3) is 3.92. The molecule has 1 unspecified atom stereocenters. The Kier molecular flexibility index (Phi) is 5.23. The monoisotopic (exact) mass is 469 g/mol. The molecule has 26 heavy (non-hydrogen) atoms. The second kappa shape index (κ2) is 7.77. The molecular weight excluding hydrogens is 453 g/mol. The second-order valence-corrected chi connectivity index (χ2v) is 8.34. The lowest BCUT2D eigenvalue weighted by molar-refractivity contribution is 1.11. The van der Waals surface area contributed by atoms with Crippen molar-refractivity contribution in [2.45, 2.75) is 10.3 Å². The second-order valence-electron chi connectivity index (χ2n) is 6.30. The van der Waals surface area contributed by atoms with E-state index in [2.05, 4.69) is 71.2 Å². The molecule has 0 N–H and O–H groups in total. The van der Waals surface area contributed by atoms with Crippen LogP contribution in [0.15, 0.2) is 85.0 Å². The van der Waals surface area contributed by atoms with E-state index in [1.165, 1.54) is 11.1 Å². The number of benzene rings is 2. The van der Waals surface area contributed by atoms with Crippen molar-refractivity contribution in [1.82, 2.24) is 4.98 Å². The number of pyridine rings is 1. The van der Waals surface area contributed by atoms with Crippen molar-refractivity contribution < 1.29 is 0 Å². The maximum Gasteiger partial charge on any atom is 0.0716 e. The first-order chi connectivity index (χ1) is 12.7. The highest BCUT2D eigenvalue weighted by molar-refractivity contribution is 14.1. The molecule has 1 nitrogen and oxygen atoms in total. The van der Waals surface area contributed by atoms with Crippen molar-refractivity contribution in [3.63, 3.8) is 0 Å². The lowest BCUT2D eigenvalue weighted by Crippen LogP contribution is -2.01. The zero-order valence-corrected chi connectivity index (χ0v) is 17.0. The van der Waals surface area contributed by atoms with Crippen molar-refractivity contribution in [3.8, 4) is 22.5 Å². The number of allylic oxidation sites excluding steroid dienone is 4. The van der Waals surface area contributed by atoms with Gasteiger partial charge in [-0.15, -0.1) is 0 Å². The molecule has 4 rings (SSSR count). The predicted molar refractivity (Wildman–Crippen MR) is 120 cm³/mol. The van der Waals surface area contributed by atoms with Crippen LogP contribution in [-0.4, -0.2) is 8.91 Å². The van der Waals surface area contributed by atoms with Gasteiger partial charge < -0.3 is 0 Å². The summed E-state index contributed by atoms with van der Waals surface area (Å²) in [5.74, 6) is 0. The van der Waals surface area contributed by atoms with Crippen LogP contribution in [0, 0.1) is 0 Å². The molecule has 128 valence electrons. The molecule has 2 aromatic carbocycles. The van der Waals surface area contributed by atoms with Gasteiger partial charge >= 0.3 is 0 Å². The van der Waals surface area contributed by atoms with Gasteiger partial charge in [-0.05, 0) is 41.8 Å². The minimum atomic E-state index is 0.524. The molecule has 1 atom stereocenters. The van der Waals surface area contributed by atoms with Gasteiger partial charge in [0, 0.05) is 20.1 Å². The van der Waals surface area contributed by atoms with Gasteiger partial charge in [0.25, 0.3) is 0 Å². The Labute approximate surface area is 172 Å². The molecule has 0 saturated heterocycles. The van der Waals surface area contributed by atoms with Crippen LogP contribution in [0.2, 0.25) is 5.02 Å². The fraction of sp³-hybridized carbons (Fsp3) is 0.0870. The maximum atomic E-state index is 6.21. The quantitative estimate of drug-likeness (QED) is 0.291. The van der Waals surface area contributed by atoms with Crippen LogP contribution in [0.1, 0.15) is 12.0 Å². The Bertz CT molecular complexity index is 992. The van der Waals surface area contributed by atoms with Crippen molar-refractivity contribution >= 4 is 39.8 Å². The lowest BCUT2D eigenvalue weighted by atomic mass is 9.95. The number of nitrogens with zero attached hydrogens (tertiary/aromatic N) is 1. The first-order valence-corrected chi connectivity index (χ1v) is 10.2. The Balaban J connectivity index is 1.87. The van der Waals surface area contributed by atoms with E-state index in [1.807, 2.05) is 36.4 Å². The van der Waals surface area contributed by atoms with Crippen molar-refractivity contribution in [3.05, 3.63) is 95.5 Å². The van der Waals surface area contributed by atoms with E-state index in [1.54, 1.807) is 0 Å². The van der Waals surface area contributed by atoms with E-state index in [0.717, 1.165) is 34.0 Å². The van der Waals surface area contributed by atoms with Crippen LogP contribution in [-0.2, 0) is 0 Å². The Morgan fingerprint density at radius 3 is 2.31 bits per heavy atom. The zero-order valence-electron chi connectivity index (χ0n) is 14.1. The fourth-order valence-corrected chi connectivity index (χ4v) is 4.03. The molecule has 1 aromatic heterocycles. The van der Waals surface area contributed by atoms with Crippen LogP contribution in [0.3, 0.4) is 0 Å². The first kappa shape index (κ1) is 17.5. The smallest absolute Gasteiger partial charge is 0.0716 e. The number of alkyl halides is 1. The third-order valence-corrected chi connectivity index (χ3v) is 5.51. The van der Waals surface area contributed by atoms with Gasteiger partial charge in [-0.25, -0.2) is 4.98 Å². The summed E-state index contributed by atoms with van der Waals surface area (Å²) < 4.78 is 0.524. The number of aromatic nitrogens is 1. The fourth-order valence-electron chi connectivity index (χ4n) is 3.12. The standard InChI is InChI=1S/C23H17ClIN/c24-20-10-4-9-18(12-20)23-15-19(17-8-5-11-21(25)13-17)14-22(26-23)16-6-2-1-3-7-16/h1-12,14-15,21H,13H2. The van der Waals surface area contributed by atoms with E-state index in [9.17, 15) is 0 Å². The van der Waals surface area contributed by atoms with Gasteiger partial charge in [0.2, 0.25) is 0 Å². The van der Waals surface area contributed by atoms with Gasteiger partial charge in [-0.1, -0.05) is 94.9 Å². The van der Waals surface area contributed by atoms with Gasteiger partial charge in [0.05, 0.1) is 11.4 Å². The molecule has 0 amide bonds. The van der Waals surface area contributed by atoms with Crippen molar-refractivity contribution in [2.24, 2.45) is 0 Å². The average Bonchev–Trinajstić information content (AvgIpc) is 2.68. The average molecular weight is 470 g/mol. The molecule has 0 bridgehead atoms. The highest BCUT2D eigenvalue weighted by Crippen LogP contribution is 2.33. The van der Waals surface area contributed by atoms with Gasteiger partial charge in [0.15, 0.2) is 0 Å². The summed E-state index contributed by atoms with van der Waals surface area (Å²) in [4.78, 5) is 4.92. The van der Waals surface area contributed by atoms with E-state index >= 15 is 0 Å². The normalized spacial score (nSPS) is 16.4. The molecule has 0 aliphatic heterocycles. The largest absolute Gasteiger partial charge is 0.248 e. The molecule has 0 fully saturated rings. The van der Waals surface area contributed by atoms with Crippen LogP contribution < -0.4 is 0 Å². The van der Waals surface area contributed by atoms with Gasteiger partial charge in [0.1, 0.15) is 0 Å². The summed E-state index contributed by atoms with van der Waals surface area (Å²) >= 11 is 8.69. The van der Waals surface area contributed by atoms with Gasteiger partial charge in [-0.3, -0.25) is 0 Å². The van der Waals surface area contributed by atoms with Crippen LogP contribution >= 0.6 is 34.2 Å². The summed E-state index contributed by atoms with van der Waals surface area (Å²) in [7, 11) is 0. The molecule has 0 saturated carbocycles. The van der Waals surface area contributed by atoms with E-state index in [4.69, 9.17) is 16.6 Å². The molecule has 1 heterocycles. The summed E-state index contributed by atoms with van der Waals surface area (Å²) in [5.41, 5.74) is 6.66. The summed E-state index contributed by atoms with van der Waals surface area (Å²) in [6.07, 6.45) is 7.63. The highest BCUT2D eigenvalue weighted by atomic mass is 127. The Morgan fingerprint density at radius 2 is 1.58 bits per heavy atom. The highest BCUT2D eigenvalue weighted by Gasteiger charge is 2.14. The van der Waals surface area contributed by atoms with Crippen LogP contribution in [0.25, 0.3) is 28.1 Å². The number of hydrogen-bond acceptors (Lipinski definition) is 1. The zero-order chi connectivity index (χ0) is 17.9. The van der Waals surface area contributed by atoms with Crippen molar-refractivity contribution in [2.75, 3.05) is 0 Å². The molecule has 3 heteroatoms. The van der Waals surface area contributed by atoms with Crippen LogP contribution in [0.5, 0.6) is 0 Å². The molecule has 0 spiro atoms. The summed E-state index contributed by atoms with van der Waals surface area (Å²) in [6, 6.07) is 22.6. The molecule has 0 radical (unpaired) electrons. The summed E-state index contributed by atoms with van der Waals surface area (Å²) in [6.45, 7) is 0. The van der Waals surface area contributed by atoms with E-state index in [0.29, 0.717) is 3.92 Å². The Morgan fingerprint density at radius 1 is 0.846 bits per heavy atom. The predicted octanol–water partition coefficient (Wildman–Crippen LogP) is 7.22. The number of halogens is 2. The van der Waals surface area contributed by atoms with Crippen molar-refractivity contribution in [1.29, 1.82) is 0 Å². The SMILES string of the molecule is Clc1cccc(-c2cc(C3=CC=CC(I)C3)cc(-c3ccccc3)n2)c1. The molecule has 1 aliphatic rings. The lowest BCUT2D eigenvalue weighted by Gasteiger charge is -2.16. The maximum absolute atomic E-state index is 6.21. The molecule has 1 aliphatic carbocycles. The summed E-state index contributed by atoms with van der Waals surface area (Å²) in [5, 5.41) is 0.725. The minimum absolute atomic E-state index is 0.524. The van der Waals surface area contributed by atoms with E-state index < -0.39 is 0 Å². The number of rotatable bonds is 3.